The first-order valence-electron chi connectivity index (χ1n) is 6.73. The fourth-order valence-corrected chi connectivity index (χ4v) is 2.79. The first kappa shape index (κ1) is 14.0. The molecule has 1 saturated heterocycles. The highest BCUT2D eigenvalue weighted by molar-refractivity contribution is 5.71. The molecule has 1 heterocycles. The van der Waals surface area contributed by atoms with Crippen molar-refractivity contribution < 1.29 is 9.90 Å². The number of hydrogen-bond acceptors (Lipinski definition) is 3. The average molecular weight is 262 g/mol. The zero-order chi connectivity index (χ0) is 13.8. The molecule has 19 heavy (non-hydrogen) atoms. The molecule has 1 aromatic rings. The number of carboxylic acids is 1. The van der Waals surface area contributed by atoms with E-state index in [2.05, 4.69) is 17.0 Å². The molecule has 0 aromatic heterocycles. The van der Waals surface area contributed by atoms with Crippen molar-refractivity contribution in [2.24, 2.45) is 5.92 Å². The summed E-state index contributed by atoms with van der Waals surface area (Å²) in [5.74, 6) is -0.917. The Morgan fingerprint density at radius 1 is 1.37 bits per heavy atom. The molecule has 1 aliphatic heterocycles. The van der Waals surface area contributed by atoms with Gasteiger partial charge in [-0.25, -0.2) is 0 Å². The summed E-state index contributed by atoms with van der Waals surface area (Å²) in [6.45, 7) is 2.58. The summed E-state index contributed by atoms with van der Waals surface area (Å²) in [4.78, 5) is 15.7. The van der Waals surface area contributed by atoms with E-state index < -0.39 is 5.97 Å². The first-order valence-corrected chi connectivity index (χ1v) is 6.73. The van der Waals surface area contributed by atoms with Gasteiger partial charge in [-0.05, 0) is 32.6 Å². The summed E-state index contributed by atoms with van der Waals surface area (Å²) >= 11 is 0. The Hall–Kier alpha value is -1.39. The molecule has 1 N–H and O–H groups in total. The largest absolute Gasteiger partial charge is 0.481 e. The minimum Gasteiger partial charge on any atom is -0.481 e. The maximum Gasteiger partial charge on any atom is 0.308 e. The Balaban J connectivity index is 2.01. The Morgan fingerprint density at radius 3 is 2.63 bits per heavy atom. The maximum absolute atomic E-state index is 11.3. The Labute approximate surface area is 114 Å². The molecule has 1 aromatic carbocycles. The van der Waals surface area contributed by atoms with Gasteiger partial charge in [0.15, 0.2) is 0 Å². The second-order valence-corrected chi connectivity index (χ2v) is 5.49. The topological polar surface area (TPSA) is 43.8 Å². The van der Waals surface area contributed by atoms with Crippen LogP contribution in [0.1, 0.15) is 12.0 Å². The van der Waals surface area contributed by atoms with Gasteiger partial charge in [-0.15, -0.1) is 0 Å². The molecule has 1 fully saturated rings. The molecule has 0 aliphatic carbocycles. The van der Waals surface area contributed by atoms with Gasteiger partial charge in [0.05, 0.1) is 5.92 Å². The third kappa shape index (κ3) is 3.55. The zero-order valence-corrected chi connectivity index (χ0v) is 11.6. The molecule has 0 saturated carbocycles. The quantitative estimate of drug-likeness (QED) is 0.893. The molecule has 0 radical (unpaired) electrons. The average Bonchev–Trinajstić information content (AvgIpc) is 2.39. The third-order valence-electron chi connectivity index (χ3n) is 3.90. The molecular formula is C15H22N2O2. The summed E-state index contributed by atoms with van der Waals surface area (Å²) < 4.78 is 0. The van der Waals surface area contributed by atoms with E-state index in [4.69, 9.17) is 0 Å². The molecule has 2 unspecified atom stereocenters. The lowest BCUT2D eigenvalue weighted by atomic mass is 9.90. The number of carboxylic acid groups (broad SMARTS) is 1. The van der Waals surface area contributed by atoms with Crippen LogP contribution in [-0.4, -0.2) is 54.1 Å². The van der Waals surface area contributed by atoms with Gasteiger partial charge in [0, 0.05) is 19.1 Å². The van der Waals surface area contributed by atoms with Crippen LogP contribution in [0.25, 0.3) is 0 Å². The number of aliphatic carboxylic acids is 1. The summed E-state index contributed by atoms with van der Waals surface area (Å²) in [6.07, 6.45) is 0.727. The number of nitrogens with zero attached hydrogens (tertiary/aromatic N) is 2. The van der Waals surface area contributed by atoms with Crippen molar-refractivity contribution in [2.75, 3.05) is 27.2 Å². The number of benzene rings is 1. The summed E-state index contributed by atoms with van der Waals surface area (Å²) in [5.41, 5.74) is 1.29. The van der Waals surface area contributed by atoms with Crippen LogP contribution in [0.2, 0.25) is 0 Å². The lowest BCUT2D eigenvalue weighted by molar-refractivity contribution is -0.146. The number of rotatable bonds is 4. The predicted molar refractivity (Wildman–Crippen MR) is 74.9 cm³/mol. The predicted octanol–water partition coefficient (Wildman–Crippen LogP) is 1.52. The summed E-state index contributed by atoms with van der Waals surface area (Å²) in [7, 11) is 3.93. The standard InChI is InChI=1S/C15H22N2O2/c1-16(2)14-11-17(9-8-13(14)15(18)19)10-12-6-4-3-5-7-12/h3-7,13-14H,8-11H2,1-2H3,(H,18,19). The molecule has 4 nitrogen and oxygen atoms in total. The zero-order valence-electron chi connectivity index (χ0n) is 11.6. The SMILES string of the molecule is CN(C)C1CN(Cc2ccccc2)CCC1C(=O)O. The second-order valence-electron chi connectivity index (χ2n) is 5.49. The lowest BCUT2D eigenvalue weighted by Gasteiger charge is -2.40. The molecule has 4 heteroatoms. The van der Waals surface area contributed by atoms with E-state index in [0.29, 0.717) is 0 Å². The van der Waals surface area contributed by atoms with Crippen LogP contribution < -0.4 is 0 Å². The highest BCUT2D eigenvalue weighted by Gasteiger charge is 2.35. The number of piperidine rings is 1. The van der Waals surface area contributed by atoms with Gasteiger partial charge < -0.3 is 10.0 Å². The van der Waals surface area contributed by atoms with E-state index in [1.54, 1.807) is 0 Å². The molecule has 2 atom stereocenters. The van der Waals surface area contributed by atoms with Gasteiger partial charge in [-0.3, -0.25) is 9.69 Å². The molecule has 0 amide bonds. The van der Waals surface area contributed by atoms with Gasteiger partial charge in [-0.2, -0.15) is 0 Å². The van der Waals surface area contributed by atoms with Crippen LogP contribution in [0, 0.1) is 5.92 Å². The Morgan fingerprint density at radius 2 is 2.05 bits per heavy atom. The maximum atomic E-state index is 11.3. The van der Waals surface area contributed by atoms with E-state index >= 15 is 0 Å². The normalized spacial score (nSPS) is 24.6. The Kier molecular flexibility index (Phi) is 4.56. The van der Waals surface area contributed by atoms with Gasteiger partial charge in [0.2, 0.25) is 0 Å². The van der Waals surface area contributed by atoms with Crippen LogP contribution in [0.3, 0.4) is 0 Å². The van der Waals surface area contributed by atoms with E-state index in [9.17, 15) is 9.90 Å². The lowest BCUT2D eigenvalue weighted by Crippen LogP contribution is -2.52. The van der Waals surface area contributed by atoms with Crippen LogP contribution >= 0.6 is 0 Å². The number of hydrogen-bond donors (Lipinski definition) is 1. The van der Waals surface area contributed by atoms with Crippen molar-refractivity contribution in [3.8, 4) is 0 Å². The third-order valence-corrected chi connectivity index (χ3v) is 3.90. The summed E-state index contributed by atoms with van der Waals surface area (Å²) in [6, 6.07) is 10.4. The van der Waals surface area contributed by atoms with Crippen molar-refractivity contribution in [1.29, 1.82) is 0 Å². The van der Waals surface area contributed by atoms with Crippen molar-refractivity contribution >= 4 is 5.97 Å². The fraction of sp³-hybridized carbons (Fsp3) is 0.533. The first-order chi connectivity index (χ1) is 9.08. The second kappa shape index (κ2) is 6.17. The van der Waals surface area contributed by atoms with Gasteiger partial charge >= 0.3 is 5.97 Å². The van der Waals surface area contributed by atoms with Gasteiger partial charge in [-0.1, -0.05) is 30.3 Å². The van der Waals surface area contributed by atoms with Crippen LogP contribution in [0.15, 0.2) is 30.3 Å². The van der Waals surface area contributed by atoms with Gasteiger partial charge in [0.25, 0.3) is 0 Å². The highest BCUT2D eigenvalue weighted by atomic mass is 16.4. The van der Waals surface area contributed by atoms with E-state index in [0.717, 1.165) is 26.1 Å². The minimum atomic E-state index is -0.668. The van der Waals surface area contributed by atoms with Crippen LogP contribution in [-0.2, 0) is 11.3 Å². The number of likely N-dealkylation sites (tertiary alicyclic amines) is 1. The fourth-order valence-electron chi connectivity index (χ4n) is 2.79. The number of likely N-dealkylation sites (N-methyl/N-ethyl adjacent to an activating group) is 1. The van der Waals surface area contributed by atoms with Crippen molar-refractivity contribution in [3.05, 3.63) is 35.9 Å². The smallest absolute Gasteiger partial charge is 0.308 e. The van der Waals surface area contributed by atoms with E-state index in [-0.39, 0.29) is 12.0 Å². The van der Waals surface area contributed by atoms with Crippen LogP contribution in [0.4, 0.5) is 0 Å². The van der Waals surface area contributed by atoms with E-state index in [1.165, 1.54) is 5.56 Å². The Bertz CT molecular complexity index is 419. The molecular weight excluding hydrogens is 240 g/mol. The minimum absolute atomic E-state index is 0.0926. The van der Waals surface area contributed by atoms with Gasteiger partial charge in [0.1, 0.15) is 0 Å². The monoisotopic (exact) mass is 262 g/mol. The molecule has 0 spiro atoms. The molecule has 0 bridgehead atoms. The van der Waals surface area contributed by atoms with Crippen molar-refractivity contribution in [1.82, 2.24) is 9.80 Å². The van der Waals surface area contributed by atoms with Crippen molar-refractivity contribution in [2.45, 2.75) is 19.0 Å². The molecule has 104 valence electrons. The molecule has 2 rings (SSSR count). The van der Waals surface area contributed by atoms with Crippen LogP contribution in [0.5, 0.6) is 0 Å². The number of carbonyl (C=O) groups is 1. The van der Waals surface area contributed by atoms with E-state index in [1.807, 2.05) is 37.2 Å². The summed E-state index contributed by atoms with van der Waals surface area (Å²) in [5, 5.41) is 9.29. The highest BCUT2D eigenvalue weighted by Crippen LogP contribution is 2.22. The molecule has 1 aliphatic rings. The van der Waals surface area contributed by atoms with Crippen molar-refractivity contribution in [3.63, 3.8) is 0 Å².